The second kappa shape index (κ2) is 6.58. The van der Waals surface area contributed by atoms with Crippen LogP contribution < -0.4 is 10.3 Å². The second-order valence-electron chi connectivity index (χ2n) is 8.40. The number of H-pyrrole nitrogens is 1. The number of aromatic amines is 1. The van der Waals surface area contributed by atoms with E-state index in [2.05, 4.69) is 9.72 Å². The zero-order valence-corrected chi connectivity index (χ0v) is 16.5. The van der Waals surface area contributed by atoms with E-state index in [-0.39, 0.29) is 17.4 Å². The Kier molecular flexibility index (Phi) is 4.37. The predicted octanol–water partition coefficient (Wildman–Crippen LogP) is 4.15. The molecule has 2 aromatic heterocycles. The highest BCUT2D eigenvalue weighted by molar-refractivity contribution is 5.95. The Morgan fingerprint density at radius 2 is 2.03 bits per heavy atom. The maximum atomic E-state index is 12.8. The van der Waals surface area contributed by atoms with Crippen LogP contribution in [0.15, 0.2) is 29.1 Å². The maximum Gasteiger partial charge on any atom is 0.387 e. The van der Waals surface area contributed by atoms with Gasteiger partial charge in [-0.1, -0.05) is 26.8 Å². The van der Waals surface area contributed by atoms with E-state index in [1.54, 1.807) is 18.2 Å². The van der Waals surface area contributed by atoms with E-state index in [4.69, 9.17) is 0 Å². The molecule has 0 fully saturated rings. The van der Waals surface area contributed by atoms with Crippen molar-refractivity contribution in [3.05, 3.63) is 45.7 Å². The lowest BCUT2D eigenvalue weighted by molar-refractivity contribution is -0.0488. The number of aromatic nitrogens is 2. The van der Waals surface area contributed by atoms with Gasteiger partial charge < -0.3 is 24.5 Å². The first-order valence-corrected chi connectivity index (χ1v) is 9.30. The average molecular weight is 418 g/mol. The maximum absolute atomic E-state index is 12.8. The Bertz CT molecular complexity index is 1240. The molecule has 1 aliphatic heterocycles. The number of nitrogens with one attached hydrogen (secondary N) is 1. The number of pyridine rings is 1. The summed E-state index contributed by atoms with van der Waals surface area (Å²) >= 11 is 0. The Morgan fingerprint density at radius 1 is 1.33 bits per heavy atom. The lowest BCUT2D eigenvalue weighted by Crippen LogP contribution is -2.31. The van der Waals surface area contributed by atoms with Gasteiger partial charge in [0.2, 0.25) is 0 Å². The largest absolute Gasteiger partial charge is 0.506 e. The van der Waals surface area contributed by atoms with E-state index >= 15 is 0 Å². The Hall–Kier alpha value is -3.36. The highest BCUT2D eigenvalue weighted by atomic mass is 19.3. The number of nitrogens with zero attached hydrogens (tertiary/aromatic N) is 1. The molecule has 0 radical (unpaired) electrons. The number of hydrogen-bond acceptors (Lipinski definition) is 4. The number of benzene rings is 1. The van der Waals surface area contributed by atoms with Gasteiger partial charge in [-0.3, -0.25) is 4.79 Å². The summed E-state index contributed by atoms with van der Waals surface area (Å²) in [4.78, 5) is 26.6. The van der Waals surface area contributed by atoms with Gasteiger partial charge in [-0.2, -0.15) is 8.78 Å². The fraction of sp³-hybridized carbons (Fsp3) is 0.333. The molecule has 3 N–H and O–H groups in total. The molecule has 0 aliphatic carbocycles. The first-order valence-electron chi connectivity index (χ1n) is 9.30. The molecule has 3 aromatic rings. The van der Waals surface area contributed by atoms with E-state index in [1.807, 2.05) is 25.3 Å². The fourth-order valence-corrected chi connectivity index (χ4v) is 4.18. The van der Waals surface area contributed by atoms with Gasteiger partial charge in [0.1, 0.15) is 11.5 Å². The van der Waals surface area contributed by atoms with Crippen LogP contribution in [0.1, 0.15) is 42.6 Å². The number of halogens is 2. The summed E-state index contributed by atoms with van der Waals surface area (Å²) in [5.74, 6) is -2.46. The van der Waals surface area contributed by atoms with Gasteiger partial charge in [0.25, 0.3) is 5.56 Å². The summed E-state index contributed by atoms with van der Waals surface area (Å²) in [6.45, 7) is 3.17. The van der Waals surface area contributed by atoms with Gasteiger partial charge in [0.15, 0.2) is 5.56 Å². The number of carboxylic acid groups (broad SMARTS) is 1. The highest BCUT2D eigenvalue weighted by Crippen LogP contribution is 2.50. The van der Waals surface area contributed by atoms with Crippen LogP contribution in [0.4, 0.5) is 8.78 Å². The Labute approximate surface area is 169 Å². The van der Waals surface area contributed by atoms with Crippen LogP contribution in [-0.2, 0) is 6.54 Å². The topological polar surface area (TPSA) is 105 Å². The molecule has 0 saturated carbocycles. The first-order chi connectivity index (χ1) is 14.0. The van der Waals surface area contributed by atoms with Crippen molar-refractivity contribution in [1.29, 1.82) is 0 Å². The first kappa shape index (κ1) is 19.9. The highest BCUT2D eigenvalue weighted by Gasteiger charge is 2.39. The molecule has 1 aromatic carbocycles. The molecule has 30 heavy (non-hydrogen) atoms. The summed E-state index contributed by atoms with van der Waals surface area (Å²) in [7, 11) is 0. The number of rotatable bonds is 3. The normalized spacial score (nSPS) is 15.9. The molecule has 0 bridgehead atoms. The number of carboxylic acids is 1. The van der Waals surface area contributed by atoms with E-state index in [1.165, 1.54) is 6.07 Å². The second-order valence-corrected chi connectivity index (χ2v) is 8.40. The summed E-state index contributed by atoms with van der Waals surface area (Å²) in [6.07, 6.45) is 0. The molecule has 0 spiro atoms. The number of alkyl halides is 2. The zero-order chi connectivity index (χ0) is 22.0. The van der Waals surface area contributed by atoms with Gasteiger partial charge in [-0.25, -0.2) is 4.79 Å². The van der Waals surface area contributed by atoms with E-state index in [9.17, 15) is 28.6 Å². The van der Waals surface area contributed by atoms with Crippen molar-refractivity contribution in [2.45, 2.75) is 39.8 Å². The third kappa shape index (κ3) is 2.92. The molecule has 0 saturated heterocycles. The van der Waals surface area contributed by atoms with Crippen LogP contribution in [-0.4, -0.2) is 32.3 Å². The predicted molar refractivity (Wildman–Crippen MR) is 105 cm³/mol. The van der Waals surface area contributed by atoms with Crippen LogP contribution in [0.3, 0.4) is 0 Å². The standard InChI is InChI=1S/C21H20F2N2O5/c1-21(2,3)10-8-25-11-5-4-6-13(30-20(22)23)9(11)7-12(25)16-14(10)17(26)15(19(28)29)18(27)24-16/h4-7,10,20H,8H2,1-3H3,(H,28,29)(H2,24,26,27)/t10-/m1/s1. The smallest absolute Gasteiger partial charge is 0.387 e. The van der Waals surface area contributed by atoms with Crippen LogP contribution in [0.2, 0.25) is 0 Å². The van der Waals surface area contributed by atoms with E-state index in [0.29, 0.717) is 28.7 Å². The van der Waals surface area contributed by atoms with E-state index in [0.717, 1.165) is 0 Å². The van der Waals surface area contributed by atoms with Gasteiger partial charge in [-0.15, -0.1) is 0 Å². The number of ether oxygens (including phenoxy) is 1. The molecule has 0 amide bonds. The lowest BCUT2D eigenvalue weighted by Gasteiger charge is -2.37. The average Bonchev–Trinajstić information content (AvgIpc) is 2.99. The molecule has 0 unspecified atom stereocenters. The van der Waals surface area contributed by atoms with Crippen molar-refractivity contribution in [1.82, 2.24) is 9.55 Å². The minimum Gasteiger partial charge on any atom is -0.506 e. The number of aromatic carboxylic acids is 1. The van der Waals surface area contributed by atoms with Gasteiger partial charge in [0, 0.05) is 23.4 Å². The fourth-order valence-electron chi connectivity index (χ4n) is 4.18. The Morgan fingerprint density at radius 3 is 2.63 bits per heavy atom. The molecule has 1 atom stereocenters. The third-order valence-electron chi connectivity index (χ3n) is 5.58. The summed E-state index contributed by atoms with van der Waals surface area (Å²) in [6, 6.07) is 6.38. The van der Waals surface area contributed by atoms with Crippen LogP contribution in [0.25, 0.3) is 22.3 Å². The number of carbonyl (C=O) groups is 1. The number of fused-ring (bicyclic) bond motifs is 5. The van der Waals surface area contributed by atoms with Crippen molar-refractivity contribution in [2.24, 2.45) is 5.41 Å². The van der Waals surface area contributed by atoms with Gasteiger partial charge in [-0.05, 0) is 23.6 Å². The molecule has 4 rings (SSSR count). The van der Waals surface area contributed by atoms with Gasteiger partial charge in [0.05, 0.1) is 16.9 Å². The zero-order valence-electron chi connectivity index (χ0n) is 16.5. The summed E-state index contributed by atoms with van der Waals surface area (Å²) in [5.41, 5.74) is -0.352. The minimum absolute atomic E-state index is 0.00742. The summed E-state index contributed by atoms with van der Waals surface area (Å²) in [5, 5.41) is 20.6. The summed E-state index contributed by atoms with van der Waals surface area (Å²) < 4.78 is 32.2. The quantitative estimate of drug-likeness (QED) is 0.593. The molecular weight excluding hydrogens is 398 g/mol. The van der Waals surface area contributed by atoms with Crippen LogP contribution in [0.5, 0.6) is 11.5 Å². The van der Waals surface area contributed by atoms with Crippen molar-refractivity contribution in [3.63, 3.8) is 0 Å². The Balaban J connectivity index is 2.08. The minimum atomic E-state index is -3.00. The molecular formula is C21H20F2N2O5. The molecule has 1 aliphatic rings. The third-order valence-corrected chi connectivity index (χ3v) is 5.58. The van der Waals surface area contributed by atoms with Gasteiger partial charge >= 0.3 is 12.6 Å². The van der Waals surface area contributed by atoms with Crippen molar-refractivity contribution < 1.29 is 28.5 Å². The number of aromatic hydroxyl groups is 1. The van der Waals surface area contributed by atoms with E-state index < -0.39 is 34.9 Å². The lowest BCUT2D eigenvalue weighted by atomic mass is 9.73. The monoisotopic (exact) mass is 418 g/mol. The van der Waals surface area contributed by atoms with Crippen molar-refractivity contribution >= 4 is 16.9 Å². The molecule has 9 heteroatoms. The SMILES string of the molecule is CC(C)(C)[C@@H]1Cn2c(cc3c(OC(F)F)cccc32)-c2[nH]c(=O)c(C(=O)O)c(O)c21. The molecule has 3 heterocycles. The number of hydrogen-bond donors (Lipinski definition) is 3. The van der Waals surface area contributed by atoms with Crippen LogP contribution >= 0.6 is 0 Å². The van der Waals surface area contributed by atoms with Crippen molar-refractivity contribution in [3.8, 4) is 22.9 Å². The molecule has 158 valence electrons. The van der Waals surface area contributed by atoms with Crippen molar-refractivity contribution in [2.75, 3.05) is 0 Å². The molecule has 7 nitrogen and oxygen atoms in total. The van der Waals surface area contributed by atoms with Crippen LogP contribution in [0, 0.1) is 5.41 Å².